The molecule has 8 nitrogen and oxygen atoms in total. The highest BCUT2D eigenvalue weighted by molar-refractivity contribution is 7.91. The number of hydrogen-bond donors (Lipinski definition) is 2. The number of ether oxygens (including phenoxy) is 1. The molecule has 0 saturated heterocycles. The lowest BCUT2D eigenvalue weighted by molar-refractivity contribution is 0.0596. The number of sulfone groups is 1. The third-order valence-corrected chi connectivity index (χ3v) is 4.93. The molecule has 0 unspecified atom stereocenters. The molecule has 10 heteroatoms. The summed E-state index contributed by atoms with van der Waals surface area (Å²) in [5.74, 6) is -1.21. The number of anilines is 1. The highest BCUT2D eigenvalue weighted by Crippen LogP contribution is 2.19. The van der Waals surface area contributed by atoms with Crippen molar-refractivity contribution in [1.29, 1.82) is 0 Å². The molecule has 0 aromatic heterocycles. The number of nitrogens with one attached hydrogen (secondary N) is 1. The Hall–Kier alpha value is -1.65. The maximum atomic E-state index is 12.1. The fourth-order valence-corrected chi connectivity index (χ4v) is 3.30. The SMILES string of the molecule is COC(=O)c1cc(N)ccc1S(=O)(=O)NCCS(C)(=O)=O. The normalized spacial score (nSPS) is 12.1. The van der Waals surface area contributed by atoms with Gasteiger partial charge < -0.3 is 10.5 Å². The van der Waals surface area contributed by atoms with Crippen LogP contribution in [0.25, 0.3) is 0 Å². The molecule has 0 heterocycles. The second-order valence-electron chi connectivity index (χ2n) is 4.27. The minimum atomic E-state index is -4.06. The van der Waals surface area contributed by atoms with Crippen LogP contribution in [0.15, 0.2) is 23.1 Å². The first-order valence-electron chi connectivity index (χ1n) is 5.72. The average Bonchev–Trinajstić information content (AvgIpc) is 2.35. The van der Waals surface area contributed by atoms with Crippen molar-refractivity contribution in [3.63, 3.8) is 0 Å². The van der Waals surface area contributed by atoms with Gasteiger partial charge in [0.15, 0.2) is 0 Å². The van der Waals surface area contributed by atoms with Crippen LogP contribution in [0.4, 0.5) is 5.69 Å². The van der Waals surface area contributed by atoms with Crippen LogP contribution in [0.3, 0.4) is 0 Å². The van der Waals surface area contributed by atoms with Gasteiger partial charge in [-0.1, -0.05) is 0 Å². The van der Waals surface area contributed by atoms with E-state index in [1.165, 1.54) is 12.1 Å². The van der Waals surface area contributed by atoms with Crippen LogP contribution in [-0.4, -0.2) is 48.5 Å². The molecule has 0 amide bonds. The van der Waals surface area contributed by atoms with Gasteiger partial charge in [0.25, 0.3) is 0 Å². The van der Waals surface area contributed by atoms with E-state index in [1.807, 2.05) is 0 Å². The lowest BCUT2D eigenvalue weighted by Crippen LogP contribution is -2.30. The van der Waals surface area contributed by atoms with Crippen molar-refractivity contribution in [3.05, 3.63) is 23.8 Å². The fourth-order valence-electron chi connectivity index (χ4n) is 1.49. The molecule has 0 fully saturated rings. The Kier molecular flexibility index (Phi) is 5.31. The predicted molar refractivity (Wildman–Crippen MR) is 77.1 cm³/mol. The van der Waals surface area contributed by atoms with Gasteiger partial charge in [-0.2, -0.15) is 0 Å². The van der Waals surface area contributed by atoms with E-state index in [-0.39, 0.29) is 28.4 Å². The summed E-state index contributed by atoms with van der Waals surface area (Å²) < 4.78 is 52.8. The second-order valence-corrected chi connectivity index (χ2v) is 8.27. The van der Waals surface area contributed by atoms with E-state index in [4.69, 9.17) is 5.73 Å². The largest absolute Gasteiger partial charge is 0.465 e. The summed E-state index contributed by atoms with van der Waals surface area (Å²) >= 11 is 0. The first-order chi connectivity index (χ1) is 9.57. The third kappa shape index (κ3) is 4.99. The number of nitrogen functional groups attached to an aromatic ring is 1. The molecule has 21 heavy (non-hydrogen) atoms. The summed E-state index contributed by atoms with van der Waals surface area (Å²) in [4.78, 5) is 11.3. The Morgan fingerprint density at radius 2 is 1.90 bits per heavy atom. The van der Waals surface area contributed by atoms with Crippen molar-refractivity contribution in [2.45, 2.75) is 4.90 Å². The molecule has 0 aliphatic carbocycles. The topological polar surface area (TPSA) is 133 Å². The van der Waals surface area contributed by atoms with Crippen molar-refractivity contribution in [2.75, 3.05) is 31.4 Å². The maximum Gasteiger partial charge on any atom is 0.339 e. The van der Waals surface area contributed by atoms with Crippen LogP contribution < -0.4 is 10.5 Å². The van der Waals surface area contributed by atoms with Crippen molar-refractivity contribution in [2.24, 2.45) is 0 Å². The number of sulfonamides is 1. The number of esters is 1. The maximum absolute atomic E-state index is 12.1. The molecule has 1 rings (SSSR count). The van der Waals surface area contributed by atoms with E-state index in [9.17, 15) is 21.6 Å². The molecular formula is C11H16N2O6S2. The van der Waals surface area contributed by atoms with Crippen molar-refractivity contribution < 1.29 is 26.4 Å². The zero-order chi connectivity index (χ0) is 16.3. The van der Waals surface area contributed by atoms with E-state index < -0.39 is 25.8 Å². The first kappa shape index (κ1) is 17.4. The Morgan fingerprint density at radius 3 is 2.43 bits per heavy atom. The molecule has 0 radical (unpaired) electrons. The molecule has 0 bridgehead atoms. The monoisotopic (exact) mass is 336 g/mol. The highest BCUT2D eigenvalue weighted by Gasteiger charge is 2.23. The van der Waals surface area contributed by atoms with Gasteiger partial charge in [-0.05, 0) is 18.2 Å². The van der Waals surface area contributed by atoms with Crippen LogP contribution in [-0.2, 0) is 24.6 Å². The molecule has 0 aliphatic heterocycles. The lowest BCUT2D eigenvalue weighted by Gasteiger charge is -2.10. The van der Waals surface area contributed by atoms with Gasteiger partial charge in [0.05, 0.1) is 23.3 Å². The first-order valence-corrected chi connectivity index (χ1v) is 9.26. The number of methoxy groups -OCH3 is 1. The molecule has 1 aromatic carbocycles. The molecule has 0 saturated carbocycles. The summed E-state index contributed by atoms with van der Waals surface area (Å²) in [6, 6.07) is 3.65. The lowest BCUT2D eigenvalue weighted by atomic mass is 10.2. The molecule has 118 valence electrons. The van der Waals surface area contributed by atoms with E-state index in [0.29, 0.717) is 0 Å². The summed E-state index contributed by atoms with van der Waals surface area (Å²) in [5, 5.41) is 0. The zero-order valence-corrected chi connectivity index (χ0v) is 13.1. The predicted octanol–water partition coefficient (Wildman–Crippen LogP) is -0.622. The Labute approximate surface area is 123 Å². The van der Waals surface area contributed by atoms with Gasteiger partial charge in [0.1, 0.15) is 9.84 Å². The van der Waals surface area contributed by atoms with Crippen molar-refractivity contribution in [3.8, 4) is 0 Å². The molecule has 0 aliphatic rings. The van der Waals surface area contributed by atoms with Gasteiger partial charge in [-0.15, -0.1) is 0 Å². The molecule has 0 atom stereocenters. The van der Waals surface area contributed by atoms with E-state index >= 15 is 0 Å². The zero-order valence-electron chi connectivity index (χ0n) is 11.5. The molecule has 0 spiro atoms. The number of benzene rings is 1. The van der Waals surface area contributed by atoms with Crippen molar-refractivity contribution in [1.82, 2.24) is 4.72 Å². The average molecular weight is 336 g/mol. The number of carbonyl (C=O) groups excluding carboxylic acids is 1. The van der Waals surface area contributed by atoms with Gasteiger partial charge in [0.2, 0.25) is 10.0 Å². The highest BCUT2D eigenvalue weighted by atomic mass is 32.2. The molecule has 3 N–H and O–H groups in total. The Bertz CT molecular complexity index is 740. The summed E-state index contributed by atoms with van der Waals surface area (Å²) in [7, 11) is -6.25. The summed E-state index contributed by atoms with van der Waals surface area (Å²) in [6.07, 6.45) is 0.990. The van der Waals surface area contributed by atoms with Gasteiger partial charge >= 0.3 is 5.97 Å². The molecule has 1 aromatic rings. The second kappa shape index (κ2) is 6.41. The number of hydrogen-bond acceptors (Lipinski definition) is 7. The van der Waals surface area contributed by atoms with Gasteiger partial charge in [-0.25, -0.2) is 26.4 Å². The summed E-state index contributed by atoms with van der Waals surface area (Å²) in [5.41, 5.74) is 5.50. The van der Waals surface area contributed by atoms with E-state index in [1.54, 1.807) is 0 Å². The number of nitrogens with two attached hydrogens (primary N) is 1. The third-order valence-electron chi connectivity index (χ3n) is 2.46. The van der Waals surface area contributed by atoms with E-state index in [2.05, 4.69) is 9.46 Å². The Balaban J connectivity index is 3.11. The molecular weight excluding hydrogens is 320 g/mol. The van der Waals surface area contributed by atoms with Gasteiger partial charge in [0, 0.05) is 18.5 Å². The van der Waals surface area contributed by atoms with Crippen LogP contribution in [0.5, 0.6) is 0 Å². The minimum absolute atomic E-state index is 0.200. The summed E-state index contributed by atoms with van der Waals surface area (Å²) in [6.45, 7) is -0.299. The number of carbonyl (C=O) groups is 1. The Morgan fingerprint density at radius 1 is 1.29 bits per heavy atom. The quantitative estimate of drug-likeness (QED) is 0.522. The van der Waals surface area contributed by atoms with Crippen LogP contribution >= 0.6 is 0 Å². The van der Waals surface area contributed by atoms with Crippen molar-refractivity contribution >= 4 is 31.5 Å². The number of rotatable bonds is 6. The van der Waals surface area contributed by atoms with Gasteiger partial charge in [-0.3, -0.25) is 0 Å². The van der Waals surface area contributed by atoms with Crippen LogP contribution in [0, 0.1) is 0 Å². The van der Waals surface area contributed by atoms with Crippen LogP contribution in [0.2, 0.25) is 0 Å². The fraction of sp³-hybridized carbons (Fsp3) is 0.364. The smallest absolute Gasteiger partial charge is 0.339 e. The van der Waals surface area contributed by atoms with E-state index in [0.717, 1.165) is 19.4 Å². The van der Waals surface area contributed by atoms with Crippen LogP contribution in [0.1, 0.15) is 10.4 Å². The minimum Gasteiger partial charge on any atom is -0.465 e. The standard InChI is InChI=1S/C11H16N2O6S2/c1-19-11(14)9-7-8(12)3-4-10(9)21(17,18)13-5-6-20(2,15)16/h3-4,7,13H,5-6,12H2,1-2H3.